The summed E-state index contributed by atoms with van der Waals surface area (Å²) in [5, 5.41) is 9.80. The maximum absolute atomic E-state index is 12.4. The average Bonchev–Trinajstić information content (AvgIpc) is 2.63. The van der Waals surface area contributed by atoms with E-state index in [0.717, 1.165) is 5.39 Å². The van der Waals surface area contributed by atoms with Gasteiger partial charge < -0.3 is 24.5 Å². The predicted molar refractivity (Wildman–Crippen MR) is 95.1 cm³/mol. The van der Waals surface area contributed by atoms with Crippen LogP contribution in [0.15, 0.2) is 23.0 Å². The minimum atomic E-state index is -0.252. The number of methoxy groups -OCH3 is 2. The number of aliphatic hydroxyl groups is 1. The van der Waals surface area contributed by atoms with Crippen LogP contribution in [-0.2, 0) is 11.3 Å². The first kappa shape index (κ1) is 18.8. The van der Waals surface area contributed by atoms with Crippen molar-refractivity contribution in [3.63, 3.8) is 0 Å². The van der Waals surface area contributed by atoms with Crippen LogP contribution in [0.3, 0.4) is 0 Å². The molecule has 0 unspecified atom stereocenters. The molecule has 0 aliphatic heterocycles. The first-order chi connectivity index (χ1) is 12.0. The lowest BCUT2D eigenvalue weighted by Gasteiger charge is -2.22. The van der Waals surface area contributed by atoms with E-state index in [1.54, 1.807) is 37.1 Å². The maximum atomic E-state index is 12.4. The summed E-state index contributed by atoms with van der Waals surface area (Å²) in [4.78, 5) is 28.9. The summed E-state index contributed by atoms with van der Waals surface area (Å²) in [6.45, 7) is 2.38. The number of aromatic nitrogens is 1. The molecule has 1 aromatic heterocycles. The third kappa shape index (κ3) is 4.30. The van der Waals surface area contributed by atoms with E-state index in [1.165, 1.54) is 7.11 Å². The lowest BCUT2D eigenvalue weighted by Crippen LogP contribution is -2.33. The number of ether oxygens (including phenoxy) is 2. The van der Waals surface area contributed by atoms with Crippen molar-refractivity contribution >= 4 is 16.8 Å². The van der Waals surface area contributed by atoms with E-state index in [9.17, 15) is 9.59 Å². The van der Waals surface area contributed by atoms with Crippen molar-refractivity contribution in [1.29, 1.82) is 0 Å². The predicted octanol–water partition coefficient (Wildman–Crippen LogP) is 1.67. The molecule has 1 heterocycles. The summed E-state index contributed by atoms with van der Waals surface area (Å²) in [6, 6.07) is 5.25. The Balaban J connectivity index is 2.41. The summed E-state index contributed by atoms with van der Waals surface area (Å²) in [6.07, 6.45) is 0.824. The summed E-state index contributed by atoms with van der Waals surface area (Å²) < 4.78 is 10.5. The standard InChI is InChI=1S/C18H24N2O5/c1-4-17(22)20(6-5-7-21)11-13-8-12-9-15(24-2)16(25-3)10-14(12)19-18(13)23/h8-10,21H,4-7,11H2,1-3H3,(H,19,23). The number of carbonyl (C=O) groups is 1. The molecule has 0 saturated heterocycles. The zero-order chi connectivity index (χ0) is 18.4. The number of carbonyl (C=O) groups excluding carboxylic acids is 1. The molecule has 1 aromatic carbocycles. The molecule has 2 aromatic rings. The number of rotatable bonds is 8. The van der Waals surface area contributed by atoms with E-state index in [-0.39, 0.29) is 24.6 Å². The van der Waals surface area contributed by atoms with Gasteiger partial charge in [0.05, 0.1) is 26.3 Å². The molecule has 7 nitrogen and oxygen atoms in total. The van der Waals surface area contributed by atoms with Gasteiger partial charge in [-0.2, -0.15) is 0 Å². The summed E-state index contributed by atoms with van der Waals surface area (Å²) in [7, 11) is 3.08. The quantitative estimate of drug-likeness (QED) is 0.757. The average molecular weight is 348 g/mol. The normalized spacial score (nSPS) is 10.7. The van der Waals surface area contributed by atoms with Crippen LogP contribution in [0, 0.1) is 0 Å². The Morgan fingerprint density at radius 2 is 1.88 bits per heavy atom. The van der Waals surface area contributed by atoms with Gasteiger partial charge in [-0.3, -0.25) is 9.59 Å². The number of nitrogens with zero attached hydrogens (tertiary/aromatic N) is 1. The Labute approximate surface area is 146 Å². The fourth-order valence-corrected chi connectivity index (χ4v) is 2.68. The largest absolute Gasteiger partial charge is 0.493 e. The van der Waals surface area contributed by atoms with Crippen molar-refractivity contribution < 1.29 is 19.4 Å². The highest BCUT2D eigenvalue weighted by Crippen LogP contribution is 2.31. The van der Waals surface area contributed by atoms with Gasteiger partial charge in [-0.05, 0) is 18.6 Å². The van der Waals surface area contributed by atoms with Crippen LogP contribution in [0.1, 0.15) is 25.3 Å². The Morgan fingerprint density at radius 3 is 2.48 bits per heavy atom. The molecule has 0 saturated carbocycles. The van der Waals surface area contributed by atoms with Gasteiger partial charge in [0.1, 0.15) is 0 Å². The number of aromatic amines is 1. The zero-order valence-corrected chi connectivity index (χ0v) is 14.8. The Hall–Kier alpha value is -2.54. The number of amides is 1. The molecule has 0 aliphatic carbocycles. The second kappa shape index (κ2) is 8.53. The highest BCUT2D eigenvalue weighted by Gasteiger charge is 2.15. The summed E-state index contributed by atoms with van der Waals surface area (Å²) in [5.74, 6) is 1.04. The van der Waals surface area contributed by atoms with Crippen molar-refractivity contribution in [3.05, 3.63) is 34.1 Å². The van der Waals surface area contributed by atoms with E-state index < -0.39 is 0 Å². The van der Waals surface area contributed by atoms with Gasteiger partial charge in [0.25, 0.3) is 5.56 Å². The van der Waals surface area contributed by atoms with E-state index in [2.05, 4.69) is 4.98 Å². The molecule has 7 heteroatoms. The smallest absolute Gasteiger partial charge is 0.253 e. The van der Waals surface area contributed by atoms with Gasteiger partial charge in [0, 0.05) is 36.6 Å². The minimum absolute atomic E-state index is 0.00142. The number of hydrogen-bond donors (Lipinski definition) is 2. The molecule has 0 atom stereocenters. The van der Waals surface area contributed by atoms with Crippen LogP contribution in [0.25, 0.3) is 10.9 Å². The van der Waals surface area contributed by atoms with Crippen LogP contribution >= 0.6 is 0 Å². The van der Waals surface area contributed by atoms with Gasteiger partial charge in [-0.1, -0.05) is 6.92 Å². The van der Waals surface area contributed by atoms with Gasteiger partial charge in [0.15, 0.2) is 11.5 Å². The third-order valence-electron chi connectivity index (χ3n) is 4.03. The lowest BCUT2D eigenvalue weighted by molar-refractivity contribution is -0.131. The van der Waals surface area contributed by atoms with Crippen LogP contribution in [-0.4, -0.2) is 48.3 Å². The molecular weight excluding hydrogens is 324 g/mol. The minimum Gasteiger partial charge on any atom is -0.493 e. The zero-order valence-electron chi connectivity index (χ0n) is 14.8. The molecule has 0 bridgehead atoms. The molecule has 0 fully saturated rings. The number of fused-ring (bicyclic) bond motifs is 1. The van der Waals surface area contributed by atoms with Crippen molar-refractivity contribution in [2.75, 3.05) is 27.4 Å². The van der Waals surface area contributed by atoms with Crippen molar-refractivity contribution in [2.45, 2.75) is 26.3 Å². The Morgan fingerprint density at radius 1 is 1.20 bits per heavy atom. The number of nitrogens with one attached hydrogen (secondary N) is 1. The SMILES string of the molecule is CCC(=O)N(CCCO)Cc1cc2cc(OC)c(OC)cc2[nH]c1=O. The summed E-state index contributed by atoms with van der Waals surface area (Å²) in [5.41, 5.74) is 0.868. The molecule has 0 aliphatic rings. The highest BCUT2D eigenvalue weighted by atomic mass is 16.5. The van der Waals surface area contributed by atoms with E-state index >= 15 is 0 Å². The maximum Gasteiger partial charge on any atom is 0.253 e. The van der Waals surface area contributed by atoms with Gasteiger partial charge in [-0.25, -0.2) is 0 Å². The molecule has 2 rings (SSSR count). The molecule has 0 radical (unpaired) electrons. The number of benzene rings is 1. The first-order valence-electron chi connectivity index (χ1n) is 8.20. The van der Waals surface area contributed by atoms with Crippen molar-refractivity contribution in [3.8, 4) is 11.5 Å². The molecule has 25 heavy (non-hydrogen) atoms. The molecule has 2 N–H and O–H groups in total. The van der Waals surface area contributed by atoms with E-state index in [4.69, 9.17) is 14.6 Å². The van der Waals surface area contributed by atoms with Gasteiger partial charge in [-0.15, -0.1) is 0 Å². The van der Waals surface area contributed by atoms with Crippen molar-refractivity contribution in [2.24, 2.45) is 0 Å². The Kier molecular flexibility index (Phi) is 6.41. The highest BCUT2D eigenvalue weighted by molar-refractivity contribution is 5.83. The number of hydrogen-bond acceptors (Lipinski definition) is 5. The number of pyridine rings is 1. The van der Waals surface area contributed by atoms with Crippen LogP contribution in [0.4, 0.5) is 0 Å². The molecule has 136 valence electrons. The topological polar surface area (TPSA) is 91.9 Å². The van der Waals surface area contributed by atoms with E-state index in [1.807, 2.05) is 0 Å². The van der Waals surface area contributed by atoms with Crippen LogP contribution < -0.4 is 15.0 Å². The van der Waals surface area contributed by atoms with E-state index in [0.29, 0.717) is 42.0 Å². The van der Waals surface area contributed by atoms with Crippen LogP contribution in [0.2, 0.25) is 0 Å². The second-order valence-electron chi connectivity index (χ2n) is 5.66. The monoisotopic (exact) mass is 348 g/mol. The third-order valence-corrected chi connectivity index (χ3v) is 4.03. The van der Waals surface area contributed by atoms with Crippen molar-refractivity contribution in [1.82, 2.24) is 9.88 Å². The number of H-pyrrole nitrogens is 1. The van der Waals surface area contributed by atoms with Gasteiger partial charge in [0.2, 0.25) is 5.91 Å². The molecular formula is C18H24N2O5. The Bertz CT molecular complexity index is 800. The second-order valence-corrected chi connectivity index (χ2v) is 5.66. The molecule has 0 spiro atoms. The fourth-order valence-electron chi connectivity index (χ4n) is 2.68. The summed E-state index contributed by atoms with van der Waals surface area (Å²) >= 11 is 0. The first-order valence-corrected chi connectivity index (χ1v) is 8.20. The number of aliphatic hydroxyl groups excluding tert-OH is 1. The molecule has 1 amide bonds. The lowest BCUT2D eigenvalue weighted by atomic mass is 10.1. The van der Waals surface area contributed by atoms with Crippen LogP contribution in [0.5, 0.6) is 11.5 Å². The van der Waals surface area contributed by atoms with Gasteiger partial charge >= 0.3 is 0 Å². The fraction of sp³-hybridized carbons (Fsp3) is 0.444.